The largest absolute Gasteiger partial charge is 0.456 e. The van der Waals surface area contributed by atoms with Gasteiger partial charge in [-0.25, -0.2) is 0 Å². The molecule has 0 aliphatic rings. The lowest BCUT2D eigenvalue weighted by Crippen LogP contribution is -2.74. The summed E-state index contributed by atoms with van der Waals surface area (Å²) >= 11 is 0. The number of benzene rings is 9. The summed E-state index contributed by atoms with van der Waals surface area (Å²) in [5.41, 5.74) is 9.72. The fourth-order valence-electron chi connectivity index (χ4n) is 8.52. The van der Waals surface area contributed by atoms with Crippen molar-refractivity contribution in [2.75, 3.05) is 4.90 Å². The van der Waals surface area contributed by atoms with E-state index in [1.807, 2.05) is 0 Å². The first-order chi connectivity index (χ1) is 28.3. The van der Waals surface area contributed by atoms with Crippen molar-refractivity contribution in [1.29, 1.82) is 0 Å². The Bertz CT molecular complexity index is 2810. The Hall–Kier alpha value is -7.20. The average molecular weight is 746 g/mol. The minimum Gasteiger partial charge on any atom is -0.456 e. The highest BCUT2D eigenvalue weighted by atomic mass is 28.3. The van der Waals surface area contributed by atoms with E-state index in [4.69, 9.17) is 4.42 Å². The van der Waals surface area contributed by atoms with Crippen molar-refractivity contribution in [3.05, 3.63) is 237 Å². The molecule has 0 N–H and O–H groups in total. The Balaban J connectivity index is 1.14. The third-order valence-corrected chi connectivity index (χ3v) is 16.0. The van der Waals surface area contributed by atoms with Gasteiger partial charge in [0.25, 0.3) is 0 Å². The third kappa shape index (κ3) is 6.25. The molecule has 10 rings (SSSR count). The van der Waals surface area contributed by atoms with Gasteiger partial charge in [-0.2, -0.15) is 0 Å². The molecular weight excluding hydrogens is 707 g/mol. The number of nitrogens with zero attached hydrogens (tertiary/aromatic N) is 1. The van der Waals surface area contributed by atoms with Gasteiger partial charge in [0.2, 0.25) is 0 Å². The monoisotopic (exact) mass is 745 g/mol. The smallest absolute Gasteiger partial charge is 0.179 e. The Morgan fingerprint density at radius 3 is 1.14 bits per heavy atom. The van der Waals surface area contributed by atoms with Gasteiger partial charge < -0.3 is 9.32 Å². The first kappa shape index (κ1) is 34.3. The number of hydrogen-bond acceptors (Lipinski definition) is 2. The van der Waals surface area contributed by atoms with Gasteiger partial charge in [0.05, 0.1) is 0 Å². The van der Waals surface area contributed by atoms with Crippen LogP contribution in [0.3, 0.4) is 0 Å². The second-order valence-corrected chi connectivity index (χ2v) is 18.3. The van der Waals surface area contributed by atoms with Gasteiger partial charge >= 0.3 is 0 Å². The molecule has 57 heavy (non-hydrogen) atoms. The van der Waals surface area contributed by atoms with Gasteiger partial charge in [0.1, 0.15) is 11.2 Å². The maximum absolute atomic E-state index is 6.42. The molecule has 1 aromatic heterocycles. The minimum atomic E-state index is -2.68. The summed E-state index contributed by atoms with van der Waals surface area (Å²) in [5.74, 6) is 0. The number of hydrogen-bond donors (Lipinski definition) is 0. The van der Waals surface area contributed by atoms with Gasteiger partial charge in [-0.1, -0.05) is 182 Å². The van der Waals surface area contributed by atoms with E-state index in [9.17, 15) is 0 Å². The number of fused-ring (bicyclic) bond motifs is 3. The molecular formula is C54H39NOSi. The van der Waals surface area contributed by atoms with Crippen molar-refractivity contribution in [3.8, 4) is 22.3 Å². The van der Waals surface area contributed by atoms with E-state index in [0.717, 1.165) is 39.0 Å². The molecule has 0 bridgehead atoms. The summed E-state index contributed by atoms with van der Waals surface area (Å²) in [4.78, 5) is 2.37. The average Bonchev–Trinajstić information content (AvgIpc) is 3.67. The zero-order valence-corrected chi connectivity index (χ0v) is 32.4. The van der Waals surface area contributed by atoms with Gasteiger partial charge in [-0.3, -0.25) is 0 Å². The molecule has 0 atom stereocenters. The normalized spacial score (nSPS) is 11.5. The molecule has 0 aliphatic carbocycles. The predicted molar refractivity (Wildman–Crippen MR) is 243 cm³/mol. The van der Waals surface area contributed by atoms with E-state index < -0.39 is 8.07 Å². The van der Waals surface area contributed by atoms with Crippen LogP contribution in [-0.4, -0.2) is 8.07 Å². The van der Waals surface area contributed by atoms with Crippen LogP contribution in [0.4, 0.5) is 17.1 Å². The van der Waals surface area contributed by atoms with Crippen LogP contribution in [0.25, 0.3) is 44.2 Å². The van der Waals surface area contributed by atoms with Crippen LogP contribution in [-0.2, 0) is 0 Å². The highest BCUT2D eigenvalue weighted by molar-refractivity contribution is 7.19. The lowest BCUT2D eigenvalue weighted by Gasteiger charge is -2.35. The summed E-state index contributed by atoms with van der Waals surface area (Å²) in [6.07, 6.45) is 0. The lowest BCUT2D eigenvalue weighted by molar-refractivity contribution is 0.669. The zero-order chi connectivity index (χ0) is 38.0. The van der Waals surface area contributed by atoms with Crippen molar-refractivity contribution in [1.82, 2.24) is 0 Å². The molecule has 0 radical (unpaired) electrons. The molecule has 10 aromatic rings. The minimum absolute atomic E-state index is 0.873. The van der Waals surface area contributed by atoms with Crippen molar-refractivity contribution in [2.24, 2.45) is 0 Å². The number of furan rings is 1. The molecule has 0 amide bonds. The van der Waals surface area contributed by atoms with Crippen LogP contribution in [0.5, 0.6) is 0 Å². The molecule has 0 spiro atoms. The molecule has 0 fully saturated rings. The zero-order valence-electron chi connectivity index (χ0n) is 31.4. The summed E-state index contributed by atoms with van der Waals surface area (Å²) in [6.45, 7) is 0. The summed E-state index contributed by atoms with van der Waals surface area (Å²) in [5, 5.41) is 7.60. The molecule has 0 unspecified atom stereocenters. The van der Waals surface area contributed by atoms with Crippen LogP contribution in [0.15, 0.2) is 241 Å². The Morgan fingerprint density at radius 1 is 0.281 bits per heavy atom. The van der Waals surface area contributed by atoms with Crippen molar-refractivity contribution in [2.45, 2.75) is 0 Å². The van der Waals surface area contributed by atoms with Crippen molar-refractivity contribution >= 4 is 67.8 Å². The maximum atomic E-state index is 6.42. The Kier molecular flexibility index (Phi) is 8.90. The first-order valence-electron chi connectivity index (χ1n) is 19.5. The Labute approximate surface area is 334 Å². The van der Waals surface area contributed by atoms with Crippen molar-refractivity contribution < 1.29 is 4.42 Å². The van der Waals surface area contributed by atoms with Gasteiger partial charge in [-0.05, 0) is 97.6 Å². The summed E-state index contributed by atoms with van der Waals surface area (Å²) in [6, 6.07) is 85.8. The number of rotatable bonds is 9. The molecule has 0 saturated heterocycles. The molecule has 1 heterocycles. The first-order valence-corrected chi connectivity index (χ1v) is 21.5. The van der Waals surface area contributed by atoms with E-state index in [2.05, 4.69) is 241 Å². The molecule has 0 saturated carbocycles. The van der Waals surface area contributed by atoms with E-state index in [1.54, 1.807) is 0 Å². The molecule has 9 aromatic carbocycles. The van der Waals surface area contributed by atoms with Crippen LogP contribution in [0.1, 0.15) is 0 Å². The fourth-order valence-corrected chi connectivity index (χ4v) is 13.3. The van der Waals surface area contributed by atoms with E-state index in [1.165, 1.54) is 43.0 Å². The molecule has 2 nitrogen and oxygen atoms in total. The Morgan fingerprint density at radius 2 is 0.632 bits per heavy atom. The second kappa shape index (κ2) is 14.8. The lowest BCUT2D eigenvalue weighted by atomic mass is 10.0. The van der Waals surface area contributed by atoms with E-state index in [-0.39, 0.29) is 0 Å². The predicted octanol–water partition coefficient (Wildman–Crippen LogP) is 11.8. The number of anilines is 3. The quantitative estimate of drug-likeness (QED) is 0.108. The van der Waals surface area contributed by atoms with Crippen molar-refractivity contribution in [3.63, 3.8) is 0 Å². The topological polar surface area (TPSA) is 16.4 Å². The van der Waals surface area contributed by atoms with Crippen LogP contribution >= 0.6 is 0 Å². The SMILES string of the molecule is c1ccc(-c2ccc(N(c3ccc([Si](c4ccccc4)(c4ccccc4)c4ccccc4)cc3)c3ccc4oc5ccc(-c6ccccc6)cc5c4c3)cc2)cc1. The van der Waals surface area contributed by atoms with Crippen LogP contribution < -0.4 is 25.6 Å². The molecule has 270 valence electrons. The summed E-state index contributed by atoms with van der Waals surface area (Å²) in [7, 11) is -2.68. The van der Waals surface area contributed by atoms with Gasteiger partial charge in [0.15, 0.2) is 8.07 Å². The van der Waals surface area contributed by atoms with E-state index >= 15 is 0 Å². The highest BCUT2D eigenvalue weighted by Gasteiger charge is 2.41. The fraction of sp³-hybridized carbons (Fsp3) is 0. The van der Waals surface area contributed by atoms with Crippen LogP contribution in [0, 0.1) is 0 Å². The molecule has 3 heteroatoms. The van der Waals surface area contributed by atoms with E-state index in [0.29, 0.717) is 0 Å². The van der Waals surface area contributed by atoms with Crippen LogP contribution in [0.2, 0.25) is 0 Å². The standard InChI is InChI=1S/C54H39NOSi/c1-6-16-40(17-7-1)42-26-29-44(30-27-42)55(46-33-37-54-52(39-46)51-38-43(28-36-53(51)56-54)41-18-8-2-9-19-41)45-31-34-50(35-32-45)57(47-20-10-3-11-21-47,48-22-12-4-13-23-48)49-24-14-5-15-25-49/h1-39H. The second-order valence-electron chi connectivity index (χ2n) is 14.5. The third-order valence-electron chi connectivity index (χ3n) is 11.2. The van der Waals surface area contributed by atoms with Gasteiger partial charge in [-0.15, -0.1) is 0 Å². The maximum Gasteiger partial charge on any atom is 0.179 e. The molecule has 0 aliphatic heterocycles. The van der Waals surface area contributed by atoms with Gasteiger partial charge in [0, 0.05) is 27.8 Å². The highest BCUT2D eigenvalue weighted by Crippen LogP contribution is 2.40. The summed E-state index contributed by atoms with van der Waals surface area (Å²) < 4.78 is 6.42.